The van der Waals surface area contributed by atoms with Crippen molar-refractivity contribution < 1.29 is 23.9 Å². The molecule has 2 aromatic carbocycles. The number of aryl methyl sites for hydroxylation is 1. The van der Waals surface area contributed by atoms with Gasteiger partial charge >= 0.3 is 5.97 Å². The number of carbonyl (C=O) groups is 4. The van der Waals surface area contributed by atoms with Crippen LogP contribution in [0.15, 0.2) is 42.5 Å². The van der Waals surface area contributed by atoms with Crippen molar-refractivity contribution in [3.63, 3.8) is 0 Å². The van der Waals surface area contributed by atoms with Crippen LogP contribution >= 0.6 is 0 Å². The molecule has 0 N–H and O–H groups in total. The molecule has 0 saturated carbocycles. The molecule has 0 radical (unpaired) electrons. The van der Waals surface area contributed by atoms with Crippen LogP contribution in [0, 0.1) is 19.8 Å². The van der Waals surface area contributed by atoms with Crippen LogP contribution in [0.2, 0.25) is 0 Å². The minimum atomic E-state index is -0.641. The van der Waals surface area contributed by atoms with Gasteiger partial charge in [-0.2, -0.15) is 0 Å². The number of esters is 1. The molecule has 0 spiro atoms. The Bertz CT molecular complexity index is 1010. The number of imide groups is 1. The lowest BCUT2D eigenvalue weighted by Gasteiger charge is -2.20. The van der Waals surface area contributed by atoms with Crippen molar-refractivity contribution >= 4 is 29.4 Å². The van der Waals surface area contributed by atoms with E-state index in [1.54, 1.807) is 29.2 Å². The molecule has 1 fully saturated rings. The quantitative estimate of drug-likeness (QED) is 0.590. The average molecular weight is 392 g/mol. The molecule has 2 aliphatic rings. The Morgan fingerprint density at radius 1 is 1.00 bits per heavy atom. The number of ether oxygens (including phenoxy) is 1. The van der Waals surface area contributed by atoms with Crippen LogP contribution in [0.25, 0.3) is 0 Å². The topological polar surface area (TPSA) is 84.0 Å². The monoisotopic (exact) mass is 392 g/mol. The summed E-state index contributed by atoms with van der Waals surface area (Å²) in [5.41, 5.74) is 3.43. The molecule has 148 valence electrons. The molecule has 29 heavy (non-hydrogen) atoms. The molecule has 2 aromatic rings. The highest BCUT2D eigenvalue weighted by atomic mass is 16.5. The summed E-state index contributed by atoms with van der Waals surface area (Å²) >= 11 is 0. The fraction of sp³-hybridized carbons (Fsp3) is 0.273. The Hall–Kier alpha value is -3.48. The van der Waals surface area contributed by atoms with Gasteiger partial charge in [0.05, 0.1) is 17.0 Å². The van der Waals surface area contributed by atoms with Gasteiger partial charge in [0.1, 0.15) is 0 Å². The van der Waals surface area contributed by atoms with Crippen LogP contribution in [-0.2, 0) is 14.3 Å². The van der Waals surface area contributed by atoms with Crippen molar-refractivity contribution in [2.24, 2.45) is 5.92 Å². The van der Waals surface area contributed by atoms with Gasteiger partial charge in [0, 0.05) is 18.7 Å². The Kier molecular flexibility index (Phi) is 4.66. The SMILES string of the molecule is Cc1cccc(N2C[C@@H](C(=O)OCN3C(=O)c4ccccc4C3=O)CC2=O)c1C. The van der Waals surface area contributed by atoms with Gasteiger partial charge in [-0.1, -0.05) is 24.3 Å². The highest BCUT2D eigenvalue weighted by molar-refractivity contribution is 6.21. The summed E-state index contributed by atoms with van der Waals surface area (Å²) in [6.45, 7) is 3.66. The van der Waals surface area contributed by atoms with Crippen LogP contribution in [0.1, 0.15) is 38.3 Å². The van der Waals surface area contributed by atoms with Crippen molar-refractivity contribution in [2.75, 3.05) is 18.2 Å². The van der Waals surface area contributed by atoms with Crippen molar-refractivity contribution in [1.29, 1.82) is 0 Å². The zero-order valence-corrected chi connectivity index (χ0v) is 16.2. The van der Waals surface area contributed by atoms with E-state index in [1.165, 1.54) is 0 Å². The molecule has 2 aliphatic heterocycles. The molecular formula is C22H20N2O5. The summed E-state index contributed by atoms with van der Waals surface area (Å²) < 4.78 is 5.23. The molecule has 3 amide bonds. The first-order valence-corrected chi connectivity index (χ1v) is 9.37. The largest absolute Gasteiger partial charge is 0.443 e. The smallest absolute Gasteiger partial charge is 0.313 e. The normalized spacial score (nSPS) is 18.4. The first-order chi connectivity index (χ1) is 13.9. The highest BCUT2D eigenvalue weighted by Crippen LogP contribution is 2.30. The summed E-state index contributed by atoms with van der Waals surface area (Å²) in [5.74, 6) is -2.36. The van der Waals surface area contributed by atoms with Crippen molar-refractivity contribution in [2.45, 2.75) is 20.3 Å². The van der Waals surface area contributed by atoms with E-state index in [1.807, 2.05) is 32.0 Å². The number of nitrogens with zero attached hydrogens (tertiary/aromatic N) is 2. The maximum absolute atomic E-state index is 12.5. The van der Waals surface area contributed by atoms with E-state index in [-0.39, 0.29) is 18.9 Å². The van der Waals surface area contributed by atoms with Crippen molar-refractivity contribution in [1.82, 2.24) is 4.90 Å². The van der Waals surface area contributed by atoms with Crippen LogP contribution in [0.5, 0.6) is 0 Å². The summed E-state index contributed by atoms with van der Waals surface area (Å²) in [7, 11) is 0. The molecular weight excluding hydrogens is 372 g/mol. The van der Waals surface area contributed by atoms with Crippen molar-refractivity contribution in [3.8, 4) is 0 Å². The van der Waals surface area contributed by atoms with Crippen LogP contribution in [0.4, 0.5) is 5.69 Å². The molecule has 7 nitrogen and oxygen atoms in total. The molecule has 0 aliphatic carbocycles. The Morgan fingerprint density at radius 2 is 1.66 bits per heavy atom. The predicted octanol–water partition coefficient (Wildman–Crippen LogP) is 2.45. The number of anilines is 1. The van der Waals surface area contributed by atoms with E-state index >= 15 is 0 Å². The minimum Gasteiger partial charge on any atom is -0.443 e. The second-order valence-electron chi connectivity index (χ2n) is 7.30. The summed E-state index contributed by atoms with van der Waals surface area (Å²) in [6, 6.07) is 12.2. The molecule has 1 atom stereocenters. The van der Waals surface area contributed by atoms with Gasteiger partial charge < -0.3 is 9.64 Å². The molecule has 7 heteroatoms. The Labute approximate surface area is 167 Å². The zero-order valence-electron chi connectivity index (χ0n) is 16.2. The minimum absolute atomic E-state index is 0.0360. The van der Waals surface area contributed by atoms with Gasteiger partial charge in [-0.25, -0.2) is 4.90 Å². The fourth-order valence-electron chi connectivity index (χ4n) is 3.73. The number of benzene rings is 2. The predicted molar refractivity (Wildman–Crippen MR) is 104 cm³/mol. The van der Waals surface area contributed by atoms with Gasteiger partial charge in [0.15, 0.2) is 6.73 Å². The van der Waals surface area contributed by atoms with Crippen LogP contribution in [-0.4, -0.2) is 41.9 Å². The number of hydrogen-bond donors (Lipinski definition) is 0. The van der Waals surface area contributed by atoms with Gasteiger partial charge in [-0.3, -0.25) is 19.2 Å². The first-order valence-electron chi connectivity index (χ1n) is 9.37. The molecule has 1 saturated heterocycles. The average Bonchev–Trinajstić information content (AvgIpc) is 3.21. The van der Waals surface area contributed by atoms with Crippen LogP contribution < -0.4 is 4.90 Å². The molecule has 0 unspecified atom stereocenters. The Balaban J connectivity index is 1.41. The third-order valence-electron chi connectivity index (χ3n) is 5.54. The van der Waals surface area contributed by atoms with E-state index in [0.29, 0.717) is 11.1 Å². The first kappa shape index (κ1) is 18.9. The summed E-state index contributed by atoms with van der Waals surface area (Å²) in [5, 5.41) is 0. The van der Waals surface area contributed by atoms with Gasteiger partial charge in [-0.05, 0) is 43.2 Å². The van der Waals surface area contributed by atoms with Gasteiger partial charge in [-0.15, -0.1) is 0 Å². The Morgan fingerprint density at radius 3 is 2.31 bits per heavy atom. The number of amides is 3. The molecule has 2 heterocycles. The third kappa shape index (κ3) is 3.18. The summed E-state index contributed by atoms with van der Waals surface area (Å²) in [6.07, 6.45) is 0.0360. The van der Waals surface area contributed by atoms with E-state index in [4.69, 9.17) is 4.74 Å². The van der Waals surface area contributed by atoms with E-state index in [2.05, 4.69) is 0 Å². The van der Waals surface area contributed by atoms with E-state index < -0.39 is 30.4 Å². The molecule has 0 aromatic heterocycles. The lowest BCUT2D eigenvalue weighted by molar-refractivity contribution is -0.151. The molecule has 0 bridgehead atoms. The fourth-order valence-corrected chi connectivity index (χ4v) is 3.73. The zero-order chi connectivity index (χ0) is 20.7. The second kappa shape index (κ2) is 7.16. The maximum Gasteiger partial charge on any atom is 0.313 e. The van der Waals surface area contributed by atoms with Crippen molar-refractivity contribution in [3.05, 3.63) is 64.7 Å². The number of rotatable bonds is 4. The van der Waals surface area contributed by atoms with E-state index in [9.17, 15) is 19.2 Å². The van der Waals surface area contributed by atoms with Gasteiger partial charge in [0.2, 0.25) is 5.91 Å². The standard InChI is InChI=1S/C22H20N2O5/c1-13-6-5-9-18(14(13)2)23-11-15(10-19(23)25)22(28)29-12-24-20(26)16-7-3-4-8-17(16)21(24)27/h3-9,15H,10-12H2,1-2H3/t15-/m0/s1. The second-order valence-corrected chi connectivity index (χ2v) is 7.30. The number of hydrogen-bond acceptors (Lipinski definition) is 5. The van der Waals surface area contributed by atoms with E-state index in [0.717, 1.165) is 21.7 Å². The van der Waals surface area contributed by atoms with Crippen LogP contribution in [0.3, 0.4) is 0 Å². The number of fused-ring (bicyclic) bond motifs is 1. The van der Waals surface area contributed by atoms with Gasteiger partial charge in [0.25, 0.3) is 11.8 Å². The maximum atomic E-state index is 12.5. The number of carbonyl (C=O) groups excluding carboxylic acids is 4. The third-order valence-corrected chi connectivity index (χ3v) is 5.54. The lowest BCUT2D eigenvalue weighted by Crippen LogP contribution is -2.35. The summed E-state index contributed by atoms with van der Waals surface area (Å²) in [4.78, 5) is 52.2. The molecule has 4 rings (SSSR count). The lowest BCUT2D eigenvalue weighted by atomic mass is 10.1. The highest BCUT2D eigenvalue weighted by Gasteiger charge is 2.39.